The second kappa shape index (κ2) is 7.05. The SMILES string of the molecule is CC(C)(C)c1cc(I)c2c(c1O)C(O)=C1C(=O)[C@]3(O)C(O)=C(C(N)=O)C(=O)C[C@@H]3C[C@@H]1C2. The van der Waals surface area contributed by atoms with Crippen molar-refractivity contribution in [1.82, 2.24) is 0 Å². The maximum Gasteiger partial charge on any atom is 0.255 e. The lowest BCUT2D eigenvalue weighted by Crippen LogP contribution is -2.58. The van der Waals surface area contributed by atoms with E-state index in [0.29, 0.717) is 17.5 Å². The summed E-state index contributed by atoms with van der Waals surface area (Å²) in [7, 11) is 0. The van der Waals surface area contributed by atoms with Crippen LogP contribution in [-0.2, 0) is 26.2 Å². The first-order chi connectivity index (χ1) is 14.7. The van der Waals surface area contributed by atoms with Gasteiger partial charge in [0.25, 0.3) is 5.91 Å². The Morgan fingerprint density at radius 1 is 1.19 bits per heavy atom. The summed E-state index contributed by atoms with van der Waals surface area (Å²) in [6, 6.07) is 1.85. The number of primary amides is 1. The fourth-order valence-electron chi connectivity index (χ4n) is 5.22. The molecule has 3 aliphatic rings. The Balaban J connectivity index is 1.97. The Kier molecular flexibility index (Phi) is 5.02. The van der Waals surface area contributed by atoms with Gasteiger partial charge in [-0.2, -0.15) is 0 Å². The Hall–Kier alpha value is -2.40. The minimum Gasteiger partial charge on any atom is -0.508 e. The molecule has 3 atom stereocenters. The lowest BCUT2D eigenvalue weighted by atomic mass is 9.59. The Bertz CT molecular complexity index is 1170. The normalized spacial score (nSPS) is 27.8. The molecule has 170 valence electrons. The van der Waals surface area contributed by atoms with E-state index in [2.05, 4.69) is 22.6 Å². The molecule has 9 heteroatoms. The number of ketones is 2. The van der Waals surface area contributed by atoms with E-state index in [0.717, 1.165) is 3.57 Å². The first-order valence-corrected chi connectivity index (χ1v) is 11.3. The van der Waals surface area contributed by atoms with Gasteiger partial charge in [-0.05, 0) is 58.4 Å². The smallest absolute Gasteiger partial charge is 0.255 e. The van der Waals surface area contributed by atoms with Crippen molar-refractivity contribution in [3.8, 4) is 5.75 Å². The fourth-order valence-corrected chi connectivity index (χ4v) is 6.02. The van der Waals surface area contributed by atoms with Crippen LogP contribution in [0.5, 0.6) is 5.75 Å². The number of halogens is 1. The van der Waals surface area contributed by atoms with E-state index in [1.54, 1.807) is 0 Å². The molecule has 1 aromatic rings. The molecule has 0 heterocycles. The van der Waals surface area contributed by atoms with Gasteiger partial charge in [0.05, 0.1) is 5.56 Å². The van der Waals surface area contributed by atoms with Crippen molar-refractivity contribution in [3.05, 3.63) is 43.2 Å². The van der Waals surface area contributed by atoms with Crippen LogP contribution in [0, 0.1) is 15.4 Å². The number of benzene rings is 1. The first-order valence-electron chi connectivity index (χ1n) is 10.2. The van der Waals surface area contributed by atoms with Crippen LogP contribution in [0.2, 0.25) is 0 Å². The van der Waals surface area contributed by atoms with E-state index in [-0.39, 0.29) is 29.7 Å². The number of phenols is 1. The summed E-state index contributed by atoms with van der Waals surface area (Å²) in [5.74, 6) is -6.10. The van der Waals surface area contributed by atoms with Gasteiger partial charge >= 0.3 is 0 Å². The number of aromatic hydroxyl groups is 1. The Labute approximate surface area is 198 Å². The topological polar surface area (TPSA) is 158 Å². The molecule has 0 saturated heterocycles. The van der Waals surface area contributed by atoms with Crippen LogP contribution < -0.4 is 5.73 Å². The van der Waals surface area contributed by atoms with Crippen LogP contribution in [-0.4, -0.2) is 43.5 Å². The number of carbonyl (C=O) groups excluding carboxylic acids is 3. The Morgan fingerprint density at radius 2 is 1.81 bits per heavy atom. The predicted molar refractivity (Wildman–Crippen MR) is 123 cm³/mol. The molecule has 0 aliphatic heterocycles. The highest BCUT2D eigenvalue weighted by molar-refractivity contribution is 14.1. The average molecular weight is 553 g/mol. The molecule has 1 fully saturated rings. The van der Waals surface area contributed by atoms with Gasteiger partial charge in [-0.25, -0.2) is 0 Å². The summed E-state index contributed by atoms with van der Waals surface area (Å²) in [6.45, 7) is 5.73. The molecule has 0 radical (unpaired) electrons. The molecule has 1 saturated carbocycles. The molecule has 0 bridgehead atoms. The van der Waals surface area contributed by atoms with Gasteiger partial charge in [-0.1, -0.05) is 20.8 Å². The molecule has 0 aromatic heterocycles. The summed E-state index contributed by atoms with van der Waals surface area (Å²) in [5, 5.41) is 44.0. The second-order valence-electron chi connectivity index (χ2n) is 9.76. The van der Waals surface area contributed by atoms with E-state index in [1.165, 1.54) is 0 Å². The molecule has 0 spiro atoms. The number of fused-ring (bicyclic) bond motifs is 3. The molecule has 8 nitrogen and oxygen atoms in total. The van der Waals surface area contributed by atoms with Crippen LogP contribution in [0.4, 0.5) is 0 Å². The zero-order valence-electron chi connectivity index (χ0n) is 17.8. The maximum atomic E-state index is 13.5. The van der Waals surface area contributed by atoms with Crippen molar-refractivity contribution in [2.24, 2.45) is 17.6 Å². The second-order valence-corrected chi connectivity index (χ2v) is 10.9. The van der Waals surface area contributed by atoms with Gasteiger partial charge in [0.15, 0.2) is 11.4 Å². The van der Waals surface area contributed by atoms with Crippen molar-refractivity contribution in [2.45, 2.75) is 51.0 Å². The van der Waals surface area contributed by atoms with E-state index < -0.39 is 57.4 Å². The zero-order valence-corrected chi connectivity index (χ0v) is 20.0. The maximum absolute atomic E-state index is 13.5. The number of nitrogens with two attached hydrogens (primary N) is 1. The molecule has 32 heavy (non-hydrogen) atoms. The van der Waals surface area contributed by atoms with Crippen LogP contribution in [0.3, 0.4) is 0 Å². The number of hydrogen-bond acceptors (Lipinski definition) is 7. The molecule has 4 rings (SSSR count). The standard InChI is InChI=1S/C23H24INO7/c1-22(2,3)11-7-12(24)10-5-8-4-9-6-13(26)16(21(25)31)20(30)23(9,32)19(29)14(8)18(28)15(10)17(11)27/h7-9,27-28,30,32H,4-6H2,1-3H3,(H2,25,31)/t8-,9+,23+/m1/s1. The van der Waals surface area contributed by atoms with Crippen LogP contribution in [0.1, 0.15) is 50.3 Å². The third-order valence-corrected chi connectivity index (χ3v) is 7.78. The van der Waals surface area contributed by atoms with E-state index in [9.17, 15) is 34.8 Å². The number of carbonyl (C=O) groups is 3. The van der Waals surface area contributed by atoms with Crippen LogP contribution in [0.15, 0.2) is 23.0 Å². The number of rotatable bonds is 1. The molecule has 1 amide bonds. The summed E-state index contributed by atoms with van der Waals surface area (Å²) < 4.78 is 0.817. The highest BCUT2D eigenvalue weighted by Crippen LogP contribution is 2.53. The highest BCUT2D eigenvalue weighted by atomic mass is 127. The van der Waals surface area contributed by atoms with Crippen molar-refractivity contribution < 1.29 is 34.8 Å². The number of phenolic OH excluding ortho intramolecular Hbond substituents is 1. The number of amides is 1. The van der Waals surface area contributed by atoms with E-state index >= 15 is 0 Å². The van der Waals surface area contributed by atoms with Gasteiger partial charge in [-0.3, -0.25) is 14.4 Å². The van der Waals surface area contributed by atoms with Crippen molar-refractivity contribution in [2.75, 3.05) is 0 Å². The zero-order chi connectivity index (χ0) is 23.9. The largest absolute Gasteiger partial charge is 0.508 e. The van der Waals surface area contributed by atoms with Gasteiger partial charge in [0.2, 0.25) is 5.78 Å². The van der Waals surface area contributed by atoms with Crippen molar-refractivity contribution in [1.29, 1.82) is 0 Å². The van der Waals surface area contributed by atoms with Gasteiger partial charge in [-0.15, -0.1) is 0 Å². The third-order valence-electron chi connectivity index (χ3n) is 6.82. The van der Waals surface area contributed by atoms with Gasteiger partial charge in [0.1, 0.15) is 22.8 Å². The highest BCUT2D eigenvalue weighted by Gasteiger charge is 2.60. The monoisotopic (exact) mass is 553 g/mol. The minimum absolute atomic E-state index is 0.126. The number of aliphatic hydroxyl groups excluding tert-OH is 2. The Morgan fingerprint density at radius 3 is 2.38 bits per heavy atom. The quantitative estimate of drug-likeness (QED) is 0.264. The van der Waals surface area contributed by atoms with Crippen LogP contribution in [0.25, 0.3) is 5.76 Å². The molecule has 6 N–H and O–H groups in total. The van der Waals surface area contributed by atoms with Crippen LogP contribution >= 0.6 is 22.6 Å². The number of aliphatic hydroxyl groups is 3. The molecule has 3 aliphatic carbocycles. The molecular formula is C23H24INO7. The van der Waals surface area contributed by atoms with E-state index in [1.807, 2.05) is 26.8 Å². The van der Waals surface area contributed by atoms with Gasteiger partial charge < -0.3 is 26.2 Å². The summed E-state index contributed by atoms with van der Waals surface area (Å²) in [4.78, 5) is 37.5. The summed E-state index contributed by atoms with van der Waals surface area (Å²) >= 11 is 2.13. The first kappa shape index (κ1) is 22.8. The molecule has 1 aromatic carbocycles. The number of hydrogen-bond donors (Lipinski definition) is 5. The van der Waals surface area contributed by atoms with Gasteiger partial charge in [0, 0.05) is 27.0 Å². The fraction of sp³-hybridized carbons (Fsp3) is 0.435. The number of Topliss-reactive ketones (excluding diaryl/α,β-unsaturated/α-hetero) is 2. The molecule has 0 unspecified atom stereocenters. The van der Waals surface area contributed by atoms with Crippen molar-refractivity contribution in [3.63, 3.8) is 0 Å². The average Bonchev–Trinajstić information content (AvgIpc) is 2.66. The predicted octanol–water partition coefficient (Wildman–Crippen LogP) is 2.33. The lowest BCUT2D eigenvalue weighted by Gasteiger charge is -2.46. The minimum atomic E-state index is -2.54. The summed E-state index contributed by atoms with van der Waals surface area (Å²) in [5.41, 5.74) is 2.70. The summed E-state index contributed by atoms with van der Waals surface area (Å²) in [6.07, 6.45) is 0.110. The molecular weight excluding hydrogens is 529 g/mol. The third kappa shape index (κ3) is 2.93. The lowest BCUT2D eigenvalue weighted by molar-refractivity contribution is -0.147. The van der Waals surface area contributed by atoms with E-state index in [4.69, 9.17) is 5.73 Å². The van der Waals surface area contributed by atoms with Crippen molar-refractivity contribution >= 4 is 45.8 Å².